The van der Waals surface area contributed by atoms with Crippen molar-refractivity contribution in [1.82, 2.24) is 5.32 Å². The molecule has 0 radical (unpaired) electrons. The van der Waals surface area contributed by atoms with Crippen LogP contribution in [0, 0.1) is 0 Å². The summed E-state index contributed by atoms with van der Waals surface area (Å²) in [5.74, 6) is 0. The Hall–Kier alpha value is -0.120. The molecule has 3 heteroatoms. The van der Waals surface area contributed by atoms with E-state index >= 15 is 0 Å². The molecule has 1 rings (SSSR count). The van der Waals surface area contributed by atoms with Gasteiger partial charge in [0.15, 0.2) is 0 Å². The summed E-state index contributed by atoms with van der Waals surface area (Å²) in [5, 5.41) is 12.6. The Morgan fingerprint density at radius 3 is 2.87 bits per heavy atom. The van der Waals surface area contributed by atoms with Gasteiger partial charge in [0, 0.05) is 25.3 Å². The van der Waals surface area contributed by atoms with E-state index in [9.17, 15) is 0 Å². The van der Waals surface area contributed by atoms with Crippen LogP contribution in [0.3, 0.4) is 0 Å². The molecule has 1 saturated heterocycles. The molecule has 0 bridgehead atoms. The molecular formula is C12H25NO2. The van der Waals surface area contributed by atoms with Crippen LogP contribution in [0.15, 0.2) is 0 Å². The van der Waals surface area contributed by atoms with E-state index in [2.05, 4.69) is 19.2 Å². The van der Waals surface area contributed by atoms with Crippen molar-refractivity contribution >= 4 is 0 Å². The van der Waals surface area contributed by atoms with Crippen molar-refractivity contribution < 1.29 is 9.84 Å². The van der Waals surface area contributed by atoms with Gasteiger partial charge in [0.05, 0.1) is 6.10 Å². The fraction of sp³-hybridized carbons (Fsp3) is 1.00. The molecule has 3 unspecified atom stereocenters. The normalized spacial score (nSPS) is 29.0. The van der Waals surface area contributed by atoms with Crippen LogP contribution in [0.25, 0.3) is 0 Å². The highest BCUT2D eigenvalue weighted by molar-refractivity contribution is 4.79. The first-order valence-corrected chi connectivity index (χ1v) is 6.28. The SMILES string of the molecule is CCC(CCO)NC1CCOC(CC)C1. The van der Waals surface area contributed by atoms with Crippen LogP contribution >= 0.6 is 0 Å². The molecule has 15 heavy (non-hydrogen) atoms. The number of aliphatic hydroxyl groups is 1. The molecule has 0 aromatic rings. The van der Waals surface area contributed by atoms with Crippen LogP contribution in [0.1, 0.15) is 46.0 Å². The molecule has 2 N–H and O–H groups in total. The van der Waals surface area contributed by atoms with Crippen molar-refractivity contribution in [3.63, 3.8) is 0 Å². The molecule has 3 atom stereocenters. The van der Waals surface area contributed by atoms with Gasteiger partial charge in [-0.15, -0.1) is 0 Å². The quantitative estimate of drug-likeness (QED) is 0.708. The Morgan fingerprint density at radius 2 is 2.27 bits per heavy atom. The first-order valence-electron chi connectivity index (χ1n) is 6.28. The third-order valence-corrected chi connectivity index (χ3v) is 3.26. The largest absolute Gasteiger partial charge is 0.396 e. The van der Waals surface area contributed by atoms with E-state index in [1.807, 2.05) is 0 Å². The van der Waals surface area contributed by atoms with Gasteiger partial charge in [-0.25, -0.2) is 0 Å². The highest BCUT2D eigenvalue weighted by Crippen LogP contribution is 2.17. The van der Waals surface area contributed by atoms with Crippen LogP contribution in [0.2, 0.25) is 0 Å². The molecule has 1 heterocycles. The lowest BCUT2D eigenvalue weighted by Gasteiger charge is -2.32. The Balaban J connectivity index is 2.29. The summed E-state index contributed by atoms with van der Waals surface area (Å²) in [6.07, 6.45) is 5.73. The molecule has 0 saturated carbocycles. The van der Waals surface area contributed by atoms with Crippen molar-refractivity contribution in [1.29, 1.82) is 0 Å². The third kappa shape index (κ3) is 4.49. The minimum absolute atomic E-state index is 0.284. The average Bonchev–Trinajstić information content (AvgIpc) is 2.29. The van der Waals surface area contributed by atoms with E-state index in [1.165, 1.54) is 0 Å². The van der Waals surface area contributed by atoms with Crippen LogP contribution in [0.5, 0.6) is 0 Å². The average molecular weight is 215 g/mol. The maximum Gasteiger partial charge on any atom is 0.0587 e. The molecule has 1 fully saturated rings. The second-order valence-electron chi connectivity index (χ2n) is 4.41. The van der Waals surface area contributed by atoms with E-state index in [0.717, 1.165) is 38.7 Å². The summed E-state index contributed by atoms with van der Waals surface area (Å²) in [4.78, 5) is 0. The maximum atomic E-state index is 8.93. The predicted molar refractivity (Wildman–Crippen MR) is 62.0 cm³/mol. The molecule has 0 aromatic carbocycles. The highest BCUT2D eigenvalue weighted by Gasteiger charge is 2.22. The van der Waals surface area contributed by atoms with Crippen LogP contribution in [-0.2, 0) is 4.74 Å². The molecule has 0 amide bonds. The second-order valence-corrected chi connectivity index (χ2v) is 4.41. The van der Waals surface area contributed by atoms with Gasteiger partial charge in [-0.05, 0) is 32.1 Å². The molecule has 0 aliphatic carbocycles. The zero-order chi connectivity index (χ0) is 11.1. The fourth-order valence-electron chi connectivity index (χ4n) is 2.21. The first kappa shape index (κ1) is 12.9. The zero-order valence-corrected chi connectivity index (χ0v) is 10.0. The van der Waals surface area contributed by atoms with E-state index in [-0.39, 0.29) is 6.61 Å². The molecule has 90 valence electrons. The summed E-state index contributed by atoms with van der Waals surface area (Å²) in [7, 11) is 0. The van der Waals surface area contributed by atoms with Crippen molar-refractivity contribution in [2.75, 3.05) is 13.2 Å². The summed E-state index contributed by atoms with van der Waals surface area (Å²) < 4.78 is 5.64. The number of aliphatic hydroxyl groups excluding tert-OH is 1. The topological polar surface area (TPSA) is 41.5 Å². The summed E-state index contributed by atoms with van der Waals surface area (Å²) in [6.45, 7) is 5.51. The number of hydrogen-bond acceptors (Lipinski definition) is 3. The van der Waals surface area contributed by atoms with Gasteiger partial charge in [-0.2, -0.15) is 0 Å². The van der Waals surface area contributed by atoms with E-state index in [0.29, 0.717) is 18.2 Å². The van der Waals surface area contributed by atoms with Crippen molar-refractivity contribution in [3.8, 4) is 0 Å². The van der Waals surface area contributed by atoms with E-state index in [1.54, 1.807) is 0 Å². The zero-order valence-electron chi connectivity index (χ0n) is 10.0. The second kappa shape index (κ2) is 7.20. The van der Waals surface area contributed by atoms with Gasteiger partial charge in [0.25, 0.3) is 0 Å². The summed E-state index contributed by atoms with van der Waals surface area (Å²) >= 11 is 0. The van der Waals surface area contributed by atoms with Crippen molar-refractivity contribution in [2.24, 2.45) is 0 Å². The predicted octanol–water partition coefficient (Wildman–Crippen LogP) is 1.69. The molecule has 3 nitrogen and oxygen atoms in total. The van der Waals surface area contributed by atoms with Gasteiger partial charge in [-0.1, -0.05) is 13.8 Å². The number of nitrogens with one attached hydrogen (secondary N) is 1. The monoisotopic (exact) mass is 215 g/mol. The molecule has 1 aliphatic rings. The van der Waals surface area contributed by atoms with Crippen LogP contribution in [-0.4, -0.2) is 36.5 Å². The first-order chi connectivity index (χ1) is 7.30. The molecule has 0 spiro atoms. The van der Waals surface area contributed by atoms with Gasteiger partial charge in [-0.3, -0.25) is 0 Å². The Labute approximate surface area is 93.2 Å². The van der Waals surface area contributed by atoms with Gasteiger partial charge in [0.1, 0.15) is 0 Å². The number of hydrogen-bond donors (Lipinski definition) is 2. The molecular weight excluding hydrogens is 190 g/mol. The number of rotatable bonds is 6. The van der Waals surface area contributed by atoms with Crippen molar-refractivity contribution in [3.05, 3.63) is 0 Å². The Bertz CT molecular complexity index is 164. The minimum atomic E-state index is 0.284. The standard InChI is InChI=1S/C12H25NO2/c1-3-10(5-7-14)13-11-6-8-15-12(4-2)9-11/h10-14H,3-9H2,1-2H3. The fourth-order valence-corrected chi connectivity index (χ4v) is 2.21. The smallest absolute Gasteiger partial charge is 0.0587 e. The van der Waals surface area contributed by atoms with Crippen molar-refractivity contribution in [2.45, 2.75) is 64.1 Å². The summed E-state index contributed by atoms with van der Waals surface area (Å²) in [5.41, 5.74) is 0. The van der Waals surface area contributed by atoms with E-state index < -0.39 is 0 Å². The Morgan fingerprint density at radius 1 is 1.47 bits per heavy atom. The summed E-state index contributed by atoms with van der Waals surface area (Å²) in [6, 6.07) is 1.05. The lowest BCUT2D eigenvalue weighted by molar-refractivity contribution is -0.00248. The van der Waals surface area contributed by atoms with Gasteiger partial charge >= 0.3 is 0 Å². The minimum Gasteiger partial charge on any atom is -0.396 e. The van der Waals surface area contributed by atoms with Gasteiger partial charge in [0.2, 0.25) is 0 Å². The van der Waals surface area contributed by atoms with E-state index in [4.69, 9.17) is 9.84 Å². The van der Waals surface area contributed by atoms with Crippen LogP contribution in [0.4, 0.5) is 0 Å². The Kier molecular flexibility index (Phi) is 6.22. The maximum absolute atomic E-state index is 8.93. The lowest BCUT2D eigenvalue weighted by Crippen LogP contribution is -2.44. The van der Waals surface area contributed by atoms with Gasteiger partial charge < -0.3 is 15.2 Å². The van der Waals surface area contributed by atoms with Crippen LogP contribution < -0.4 is 5.32 Å². The molecule has 1 aliphatic heterocycles. The highest BCUT2D eigenvalue weighted by atomic mass is 16.5. The lowest BCUT2D eigenvalue weighted by atomic mass is 9.99. The third-order valence-electron chi connectivity index (χ3n) is 3.26. The molecule has 0 aromatic heterocycles. The number of ether oxygens (including phenoxy) is 1.